The molecule has 0 saturated carbocycles. The summed E-state index contributed by atoms with van der Waals surface area (Å²) < 4.78 is 10.5. The molecular weight excluding hydrogens is 182 g/mol. The zero-order valence-electron chi connectivity index (χ0n) is 9.67. The smallest absolute Gasteiger partial charge is 0.163 e. The molecule has 4 heteroatoms. The Kier molecular flexibility index (Phi) is 5.59. The summed E-state index contributed by atoms with van der Waals surface area (Å²) in [4.78, 5) is 0. The van der Waals surface area contributed by atoms with E-state index in [0.29, 0.717) is 19.6 Å². The summed E-state index contributed by atoms with van der Waals surface area (Å²) in [6, 6.07) is 0. The molecule has 0 heterocycles. The first-order valence-corrected chi connectivity index (χ1v) is 4.94. The maximum atomic E-state index is 9.64. The molecule has 0 amide bonds. The quantitative estimate of drug-likeness (QED) is 0.605. The van der Waals surface area contributed by atoms with Gasteiger partial charge in [0.15, 0.2) is 5.79 Å². The summed E-state index contributed by atoms with van der Waals surface area (Å²) in [5.41, 5.74) is 5.12. The fourth-order valence-corrected chi connectivity index (χ4v) is 0.959. The summed E-state index contributed by atoms with van der Waals surface area (Å²) in [5.74, 6) is -1.11. The Bertz CT molecular complexity index is 157. The molecule has 0 fully saturated rings. The Morgan fingerprint density at radius 3 is 2.21 bits per heavy atom. The molecule has 4 nitrogen and oxygen atoms in total. The van der Waals surface area contributed by atoms with Gasteiger partial charge in [-0.05, 0) is 33.7 Å². The summed E-state index contributed by atoms with van der Waals surface area (Å²) in [5, 5.41) is 9.64. The number of aliphatic hydroxyl groups is 1. The Labute approximate surface area is 86.4 Å². The largest absolute Gasteiger partial charge is 0.379 e. The summed E-state index contributed by atoms with van der Waals surface area (Å²) in [6.45, 7) is 6.47. The number of hydrogen-bond donors (Lipinski definition) is 2. The van der Waals surface area contributed by atoms with E-state index >= 15 is 0 Å². The van der Waals surface area contributed by atoms with Crippen LogP contribution in [0.3, 0.4) is 0 Å². The molecule has 0 aliphatic heterocycles. The van der Waals surface area contributed by atoms with E-state index in [4.69, 9.17) is 15.2 Å². The molecule has 0 aromatic rings. The van der Waals surface area contributed by atoms with Gasteiger partial charge in [0.1, 0.15) is 0 Å². The lowest BCUT2D eigenvalue weighted by atomic mass is 10.1. The molecule has 0 aliphatic carbocycles. The van der Waals surface area contributed by atoms with E-state index in [2.05, 4.69) is 0 Å². The SMILES string of the molecule is COC(C)(C)CCOC(C)(O)CCN. The molecule has 3 N–H and O–H groups in total. The van der Waals surface area contributed by atoms with Crippen molar-refractivity contribution in [2.75, 3.05) is 20.3 Å². The van der Waals surface area contributed by atoms with Gasteiger partial charge in [-0.1, -0.05) is 0 Å². The Morgan fingerprint density at radius 2 is 1.79 bits per heavy atom. The molecule has 1 unspecified atom stereocenters. The van der Waals surface area contributed by atoms with E-state index in [1.807, 2.05) is 13.8 Å². The van der Waals surface area contributed by atoms with Gasteiger partial charge >= 0.3 is 0 Å². The minimum Gasteiger partial charge on any atom is -0.379 e. The number of nitrogens with two attached hydrogens (primary N) is 1. The van der Waals surface area contributed by atoms with Gasteiger partial charge in [0.2, 0.25) is 0 Å². The van der Waals surface area contributed by atoms with Crippen LogP contribution in [-0.4, -0.2) is 36.8 Å². The molecule has 0 saturated heterocycles. The van der Waals surface area contributed by atoms with Crippen LogP contribution >= 0.6 is 0 Å². The maximum Gasteiger partial charge on any atom is 0.163 e. The minimum atomic E-state index is -1.11. The van der Waals surface area contributed by atoms with E-state index in [9.17, 15) is 5.11 Å². The van der Waals surface area contributed by atoms with Gasteiger partial charge in [-0.25, -0.2) is 0 Å². The highest BCUT2D eigenvalue weighted by Gasteiger charge is 2.22. The number of ether oxygens (including phenoxy) is 2. The van der Waals surface area contributed by atoms with Crippen LogP contribution in [0.25, 0.3) is 0 Å². The van der Waals surface area contributed by atoms with Gasteiger partial charge in [-0.3, -0.25) is 0 Å². The molecule has 0 aromatic heterocycles. The normalized spacial score (nSPS) is 16.7. The maximum absolute atomic E-state index is 9.64. The summed E-state index contributed by atoms with van der Waals surface area (Å²) >= 11 is 0. The van der Waals surface area contributed by atoms with Crippen molar-refractivity contribution in [3.8, 4) is 0 Å². The van der Waals surface area contributed by atoms with Crippen molar-refractivity contribution < 1.29 is 14.6 Å². The second-order valence-corrected chi connectivity index (χ2v) is 4.28. The molecule has 0 aliphatic rings. The molecule has 0 spiro atoms. The highest BCUT2D eigenvalue weighted by molar-refractivity contribution is 4.68. The van der Waals surface area contributed by atoms with Gasteiger partial charge in [-0.2, -0.15) is 0 Å². The van der Waals surface area contributed by atoms with E-state index in [0.717, 1.165) is 6.42 Å². The van der Waals surface area contributed by atoms with E-state index < -0.39 is 5.79 Å². The van der Waals surface area contributed by atoms with Gasteiger partial charge in [0.25, 0.3) is 0 Å². The summed E-state index contributed by atoms with van der Waals surface area (Å²) in [6.07, 6.45) is 1.19. The number of hydrogen-bond acceptors (Lipinski definition) is 4. The number of methoxy groups -OCH3 is 1. The van der Waals surface area contributed by atoms with E-state index in [-0.39, 0.29) is 5.60 Å². The van der Waals surface area contributed by atoms with E-state index in [1.54, 1.807) is 14.0 Å². The third-order valence-electron chi connectivity index (χ3n) is 2.28. The molecule has 86 valence electrons. The fourth-order valence-electron chi connectivity index (χ4n) is 0.959. The zero-order valence-corrected chi connectivity index (χ0v) is 9.67. The average Bonchev–Trinajstić information content (AvgIpc) is 2.03. The highest BCUT2D eigenvalue weighted by atomic mass is 16.6. The van der Waals surface area contributed by atoms with Crippen molar-refractivity contribution in [3.63, 3.8) is 0 Å². The van der Waals surface area contributed by atoms with Crippen molar-refractivity contribution in [1.29, 1.82) is 0 Å². The van der Waals surface area contributed by atoms with Crippen LogP contribution in [0.2, 0.25) is 0 Å². The van der Waals surface area contributed by atoms with Gasteiger partial charge in [-0.15, -0.1) is 0 Å². The van der Waals surface area contributed by atoms with Crippen molar-refractivity contribution in [3.05, 3.63) is 0 Å². The lowest BCUT2D eigenvalue weighted by molar-refractivity contribution is -0.198. The monoisotopic (exact) mass is 205 g/mol. The van der Waals surface area contributed by atoms with Crippen molar-refractivity contribution >= 4 is 0 Å². The molecule has 0 radical (unpaired) electrons. The van der Waals surface area contributed by atoms with Gasteiger partial charge in [0, 0.05) is 13.5 Å². The first kappa shape index (κ1) is 13.8. The predicted octanol–water partition coefficient (Wildman–Crippen LogP) is 0.875. The molecular formula is C10H23NO3. The van der Waals surface area contributed by atoms with Crippen molar-refractivity contribution in [1.82, 2.24) is 0 Å². The average molecular weight is 205 g/mol. The van der Waals surface area contributed by atoms with Crippen molar-refractivity contribution in [2.24, 2.45) is 5.73 Å². The van der Waals surface area contributed by atoms with Crippen LogP contribution < -0.4 is 5.73 Å². The first-order chi connectivity index (χ1) is 6.33. The minimum absolute atomic E-state index is 0.210. The third-order valence-corrected chi connectivity index (χ3v) is 2.28. The zero-order chi connectivity index (χ0) is 11.2. The first-order valence-electron chi connectivity index (χ1n) is 4.94. The standard InChI is InChI=1S/C10H23NO3/c1-9(2,13-4)6-8-14-10(3,12)5-7-11/h12H,5-8,11H2,1-4H3. The van der Waals surface area contributed by atoms with Crippen LogP contribution in [-0.2, 0) is 9.47 Å². The number of rotatable bonds is 7. The Morgan fingerprint density at radius 1 is 1.21 bits per heavy atom. The van der Waals surface area contributed by atoms with Crippen LogP contribution in [0, 0.1) is 0 Å². The molecule has 0 aromatic carbocycles. The molecule has 0 bridgehead atoms. The Hall–Kier alpha value is -0.160. The second kappa shape index (κ2) is 5.66. The summed E-state index contributed by atoms with van der Waals surface area (Å²) in [7, 11) is 1.66. The van der Waals surface area contributed by atoms with Crippen molar-refractivity contribution in [2.45, 2.75) is 45.0 Å². The van der Waals surface area contributed by atoms with Crippen LogP contribution in [0.5, 0.6) is 0 Å². The molecule has 1 atom stereocenters. The fraction of sp³-hybridized carbons (Fsp3) is 1.00. The van der Waals surface area contributed by atoms with Gasteiger partial charge < -0.3 is 20.3 Å². The third kappa shape index (κ3) is 6.32. The van der Waals surface area contributed by atoms with Gasteiger partial charge in [0.05, 0.1) is 12.2 Å². The Balaban J connectivity index is 3.73. The highest BCUT2D eigenvalue weighted by Crippen LogP contribution is 2.16. The lowest BCUT2D eigenvalue weighted by Gasteiger charge is -2.27. The topological polar surface area (TPSA) is 64.7 Å². The van der Waals surface area contributed by atoms with Crippen LogP contribution in [0.1, 0.15) is 33.6 Å². The second-order valence-electron chi connectivity index (χ2n) is 4.28. The molecule has 14 heavy (non-hydrogen) atoms. The predicted molar refractivity (Wildman–Crippen MR) is 56.0 cm³/mol. The van der Waals surface area contributed by atoms with E-state index in [1.165, 1.54) is 0 Å². The lowest BCUT2D eigenvalue weighted by Crippen LogP contribution is -2.34. The van der Waals surface area contributed by atoms with Crippen LogP contribution in [0.15, 0.2) is 0 Å². The molecule has 0 rings (SSSR count). The van der Waals surface area contributed by atoms with Crippen LogP contribution in [0.4, 0.5) is 0 Å².